The number of hydrogen-bond donors (Lipinski definition) is 2. The van der Waals surface area contributed by atoms with Crippen molar-refractivity contribution in [2.45, 2.75) is 12.8 Å². The van der Waals surface area contributed by atoms with E-state index in [-0.39, 0.29) is 29.0 Å². The summed E-state index contributed by atoms with van der Waals surface area (Å²) >= 11 is 1.36. The Bertz CT molecular complexity index is 1040. The van der Waals surface area contributed by atoms with Gasteiger partial charge in [0.15, 0.2) is 5.13 Å². The SMILES string of the molecule is O=C(Nc1nccs1)C1CCCN(C(=O)c2cc3ccccc3c(=O)[nH]2)C1. The lowest BCUT2D eigenvalue weighted by atomic mass is 9.97. The maximum atomic E-state index is 12.9. The summed E-state index contributed by atoms with van der Waals surface area (Å²) in [5.41, 5.74) is -0.0359. The van der Waals surface area contributed by atoms with Gasteiger partial charge in [-0.25, -0.2) is 4.98 Å². The summed E-state index contributed by atoms with van der Waals surface area (Å²) in [7, 11) is 0. The van der Waals surface area contributed by atoms with Crippen LogP contribution in [-0.4, -0.2) is 39.8 Å². The van der Waals surface area contributed by atoms with Gasteiger partial charge < -0.3 is 15.2 Å². The van der Waals surface area contributed by atoms with Crippen LogP contribution in [0.4, 0.5) is 5.13 Å². The van der Waals surface area contributed by atoms with Crippen LogP contribution in [0, 0.1) is 5.92 Å². The first kappa shape index (κ1) is 17.4. The minimum Gasteiger partial charge on any atom is -0.337 e. The number of aromatic amines is 1. The molecule has 7 nitrogen and oxygen atoms in total. The zero-order valence-electron chi connectivity index (χ0n) is 14.5. The molecule has 2 N–H and O–H groups in total. The lowest BCUT2D eigenvalue weighted by Gasteiger charge is -2.31. The first-order chi connectivity index (χ1) is 13.1. The highest BCUT2D eigenvalue weighted by molar-refractivity contribution is 7.13. The van der Waals surface area contributed by atoms with E-state index in [1.807, 2.05) is 12.1 Å². The van der Waals surface area contributed by atoms with Crippen LogP contribution in [0.2, 0.25) is 0 Å². The van der Waals surface area contributed by atoms with Crippen LogP contribution in [0.1, 0.15) is 23.3 Å². The van der Waals surface area contributed by atoms with Crippen molar-refractivity contribution in [1.82, 2.24) is 14.9 Å². The van der Waals surface area contributed by atoms with Gasteiger partial charge in [0.1, 0.15) is 5.69 Å². The summed E-state index contributed by atoms with van der Waals surface area (Å²) in [6, 6.07) is 8.84. The second kappa shape index (κ2) is 7.32. The van der Waals surface area contributed by atoms with Gasteiger partial charge in [0, 0.05) is 30.1 Å². The number of benzene rings is 1. The molecule has 1 saturated heterocycles. The Morgan fingerprint density at radius 1 is 1.30 bits per heavy atom. The van der Waals surface area contributed by atoms with E-state index < -0.39 is 0 Å². The van der Waals surface area contributed by atoms with E-state index in [0.29, 0.717) is 23.6 Å². The van der Waals surface area contributed by atoms with Crippen LogP contribution in [0.3, 0.4) is 0 Å². The van der Waals surface area contributed by atoms with Gasteiger partial charge in [0.2, 0.25) is 5.91 Å². The highest BCUT2D eigenvalue weighted by Gasteiger charge is 2.29. The molecule has 4 rings (SSSR count). The minimum atomic E-state index is -0.293. The number of aromatic nitrogens is 2. The molecular formula is C19H18N4O3S. The lowest BCUT2D eigenvalue weighted by Crippen LogP contribution is -2.44. The highest BCUT2D eigenvalue weighted by atomic mass is 32.1. The van der Waals surface area contributed by atoms with E-state index in [0.717, 1.165) is 18.2 Å². The number of carbonyl (C=O) groups is 2. The average molecular weight is 382 g/mol. The molecule has 1 aliphatic rings. The summed E-state index contributed by atoms with van der Waals surface area (Å²) in [6.45, 7) is 0.889. The van der Waals surface area contributed by atoms with Gasteiger partial charge in [-0.2, -0.15) is 0 Å². The van der Waals surface area contributed by atoms with Crippen molar-refractivity contribution in [2.75, 3.05) is 18.4 Å². The molecule has 2 amide bonds. The molecule has 1 aliphatic heterocycles. The summed E-state index contributed by atoms with van der Waals surface area (Å²) in [5.74, 6) is -0.683. The molecule has 3 aromatic rings. The van der Waals surface area contributed by atoms with Crippen molar-refractivity contribution in [2.24, 2.45) is 5.92 Å². The van der Waals surface area contributed by atoms with E-state index in [9.17, 15) is 14.4 Å². The van der Waals surface area contributed by atoms with Gasteiger partial charge in [-0.1, -0.05) is 18.2 Å². The molecule has 0 saturated carbocycles. The molecule has 27 heavy (non-hydrogen) atoms. The first-order valence-electron chi connectivity index (χ1n) is 8.73. The van der Waals surface area contributed by atoms with Crippen LogP contribution in [0.5, 0.6) is 0 Å². The Morgan fingerprint density at radius 2 is 2.15 bits per heavy atom. The molecule has 0 spiro atoms. The fourth-order valence-electron chi connectivity index (χ4n) is 3.36. The van der Waals surface area contributed by atoms with Gasteiger partial charge in [0.25, 0.3) is 11.5 Å². The van der Waals surface area contributed by atoms with Crippen molar-refractivity contribution in [1.29, 1.82) is 0 Å². The number of anilines is 1. The maximum absolute atomic E-state index is 12.9. The van der Waals surface area contributed by atoms with Crippen molar-refractivity contribution >= 4 is 39.1 Å². The Labute approximate surface area is 159 Å². The summed E-state index contributed by atoms with van der Waals surface area (Å²) < 4.78 is 0. The predicted octanol–water partition coefficient (Wildman–Crippen LogP) is 2.48. The van der Waals surface area contributed by atoms with Gasteiger partial charge in [0.05, 0.1) is 5.92 Å². The average Bonchev–Trinajstić information content (AvgIpc) is 3.20. The summed E-state index contributed by atoms with van der Waals surface area (Å²) in [5, 5.41) is 6.42. The van der Waals surface area contributed by atoms with E-state index in [1.165, 1.54) is 11.3 Å². The van der Waals surface area contributed by atoms with Crippen molar-refractivity contribution in [3.05, 3.63) is 58.0 Å². The van der Waals surface area contributed by atoms with E-state index in [2.05, 4.69) is 15.3 Å². The first-order valence-corrected chi connectivity index (χ1v) is 9.61. The Balaban J connectivity index is 1.52. The number of pyridine rings is 1. The predicted molar refractivity (Wildman–Crippen MR) is 104 cm³/mol. The molecule has 3 heterocycles. The normalized spacial score (nSPS) is 17.0. The van der Waals surface area contributed by atoms with Crippen LogP contribution >= 0.6 is 11.3 Å². The number of hydrogen-bond acceptors (Lipinski definition) is 5. The third-order valence-electron chi connectivity index (χ3n) is 4.73. The van der Waals surface area contributed by atoms with E-state index in [4.69, 9.17) is 0 Å². The van der Waals surface area contributed by atoms with Gasteiger partial charge >= 0.3 is 0 Å². The summed E-state index contributed by atoms with van der Waals surface area (Å²) in [4.78, 5) is 46.0. The van der Waals surface area contributed by atoms with E-state index >= 15 is 0 Å². The molecule has 1 atom stereocenters. The Hall–Kier alpha value is -3.00. The third-order valence-corrected chi connectivity index (χ3v) is 5.41. The molecule has 0 aliphatic carbocycles. The van der Waals surface area contributed by atoms with Gasteiger partial charge in [-0.05, 0) is 30.4 Å². The molecule has 2 aromatic heterocycles. The number of amides is 2. The quantitative estimate of drug-likeness (QED) is 0.727. The number of carbonyl (C=O) groups excluding carboxylic acids is 2. The molecule has 8 heteroatoms. The highest BCUT2D eigenvalue weighted by Crippen LogP contribution is 2.21. The molecule has 1 unspecified atom stereocenters. The number of fused-ring (bicyclic) bond motifs is 1. The third kappa shape index (κ3) is 3.61. The van der Waals surface area contributed by atoms with Crippen molar-refractivity contribution in [3.63, 3.8) is 0 Å². The smallest absolute Gasteiger partial charge is 0.270 e. The number of rotatable bonds is 3. The van der Waals surface area contributed by atoms with Crippen LogP contribution in [-0.2, 0) is 4.79 Å². The number of H-pyrrole nitrogens is 1. The van der Waals surface area contributed by atoms with Crippen molar-refractivity contribution < 1.29 is 9.59 Å². The van der Waals surface area contributed by atoms with Crippen LogP contribution in [0.25, 0.3) is 10.8 Å². The maximum Gasteiger partial charge on any atom is 0.270 e. The molecule has 0 radical (unpaired) electrons. The molecular weight excluding hydrogens is 364 g/mol. The van der Waals surface area contributed by atoms with Crippen LogP contribution < -0.4 is 10.9 Å². The largest absolute Gasteiger partial charge is 0.337 e. The minimum absolute atomic E-state index is 0.130. The zero-order chi connectivity index (χ0) is 18.8. The number of nitrogens with one attached hydrogen (secondary N) is 2. The lowest BCUT2D eigenvalue weighted by molar-refractivity contribution is -0.121. The number of thiazole rings is 1. The van der Waals surface area contributed by atoms with Crippen LogP contribution in [0.15, 0.2) is 46.7 Å². The number of likely N-dealkylation sites (tertiary alicyclic amines) is 1. The monoisotopic (exact) mass is 382 g/mol. The Kier molecular flexibility index (Phi) is 4.72. The second-order valence-electron chi connectivity index (χ2n) is 6.52. The fourth-order valence-corrected chi connectivity index (χ4v) is 3.90. The molecule has 0 bridgehead atoms. The molecule has 138 valence electrons. The molecule has 1 aromatic carbocycles. The van der Waals surface area contributed by atoms with Gasteiger partial charge in [-0.3, -0.25) is 14.4 Å². The number of nitrogens with zero attached hydrogens (tertiary/aromatic N) is 2. The summed E-state index contributed by atoms with van der Waals surface area (Å²) in [6.07, 6.45) is 3.09. The van der Waals surface area contributed by atoms with Gasteiger partial charge in [-0.15, -0.1) is 11.3 Å². The van der Waals surface area contributed by atoms with Crippen molar-refractivity contribution in [3.8, 4) is 0 Å². The van der Waals surface area contributed by atoms with E-state index in [1.54, 1.807) is 34.7 Å². The topological polar surface area (TPSA) is 95.2 Å². The molecule has 1 fully saturated rings. The number of piperidine rings is 1. The fraction of sp³-hybridized carbons (Fsp3) is 0.263. The zero-order valence-corrected chi connectivity index (χ0v) is 15.3. The Morgan fingerprint density at radius 3 is 2.96 bits per heavy atom. The standard InChI is InChI=1S/C19H18N4O3S/c24-16(22-19-20-7-9-27-19)13-5-3-8-23(11-13)18(26)15-10-12-4-1-2-6-14(12)17(25)21-15/h1-2,4,6-7,9-10,13H,3,5,8,11H2,(H,21,25)(H,20,22,24). The second-order valence-corrected chi connectivity index (χ2v) is 7.41.